The molecule has 2 aromatic carbocycles. The van der Waals surface area contributed by atoms with Crippen LogP contribution in [-0.2, 0) is 4.74 Å². The largest absolute Gasteiger partial charge is 0.458 e. The van der Waals surface area contributed by atoms with Gasteiger partial charge in [-0.25, -0.2) is 0 Å². The lowest BCUT2D eigenvalue weighted by molar-refractivity contribution is 0.0857. The number of rotatable bonds is 5. The smallest absolute Gasteiger partial charge is 0.392 e. The minimum Gasteiger partial charge on any atom is -0.458 e. The number of benzene rings is 2. The number of hydrogen-bond donors (Lipinski definition) is 0. The van der Waals surface area contributed by atoms with E-state index in [1.54, 1.807) is 54.6 Å². The Balaban J connectivity index is 2.17. The van der Waals surface area contributed by atoms with Crippen LogP contribution in [0.2, 0.25) is 0 Å². The molecular formula is C16H12ClN2O2+. The van der Waals surface area contributed by atoms with E-state index in [4.69, 9.17) is 21.7 Å². The van der Waals surface area contributed by atoms with Crippen LogP contribution in [0.3, 0.4) is 0 Å². The van der Waals surface area contributed by atoms with Crippen LogP contribution in [0.15, 0.2) is 66.9 Å². The molecule has 0 aliphatic rings. The van der Waals surface area contributed by atoms with Crippen LogP contribution >= 0.6 is 11.6 Å². The molecule has 0 saturated heterocycles. The number of Topliss-reactive ketones (excluding diaryl/α,β-unsaturated/α-hetero) is 1. The van der Waals surface area contributed by atoms with Gasteiger partial charge in [-0.2, -0.15) is 0 Å². The maximum Gasteiger partial charge on any atom is 0.392 e. The lowest BCUT2D eigenvalue weighted by Gasteiger charge is -2.12. The van der Waals surface area contributed by atoms with Crippen molar-refractivity contribution in [2.75, 3.05) is 0 Å². The molecule has 0 N–H and O–H groups in total. The van der Waals surface area contributed by atoms with E-state index in [2.05, 4.69) is 4.98 Å². The van der Waals surface area contributed by atoms with Gasteiger partial charge in [-0.05, 0) is 0 Å². The van der Waals surface area contributed by atoms with E-state index >= 15 is 0 Å². The van der Waals surface area contributed by atoms with Gasteiger partial charge in [0.2, 0.25) is 22.5 Å². The van der Waals surface area contributed by atoms with Crippen LogP contribution < -0.4 is 0 Å². The second-order valence-electron chi connectivity index (χ2n) is 4.14. The molecule has 4 nitrogen and oxygen atoms in total. The third-order valence-corrected chi connectivity index (χ3v) is 3.02. The van der Waals surface area contributed by atoms with Gasteiger partial charge in [-0.1, -0.05) is 72.3 Å². The number of ether oxygens (including phenoxy) is 1. The highest BCUT2D eigenvalue weighted by molar-refractivity contribution is 6.33. The number of alkyl halides is 1. The molecule has 0 amide bonds. The van der Waals surface area contributed by atoms with E-state index in [0.29, 0.717) is 11.1 Å². The molecule has 1 atom stereocenters. The monoisotopic (exact) mass is 299 g/mol. The molecule has 0 aliphatic carbocycles. The molecule has 0 radical (unpaired) electrons. The molecule has 0 saturated carbocycles. The van der Waals surface area contributed by atoms with Gasteiger partial charge >= 0.3 is 6.20 Å². The summed E-state index contributed by atoms with van der Waals surface area (Å²) in [6.45, 7) is 0. The molecule has 0 aliphatic heterocycles. The Labute approximate surface area is 127 Å². The summed E-state index contributed by atoms with van der Waals surface area (Å²) in [6.07, 6.45) is 1.10. The number of nitrogens with zero attached hydrogens (tertiary/aromatic N) is 2. The summed E-state index contributed by atoms with van der Waals surface area (Å²) in [5.41, 5.74) is -0.103. The average Bonchev–Trinajstić information content (AvgIpc) is 2.55. The van der Waals surface area contributed by atoms with Gasteiger partial charge in [-0.15, -0.1) is 0 Å². The predicted octanol–water partition coefficient (Wildman–Crippen LogP) is 4.30. The van der Waals surface area contributed by atoms with Gasteiger partial charge < -0.3 is 4.74 Å². The van der Waals surface area contributed by atoms with E-state index in [0.717, 1.165) is 6.20 Å². The van der Waals surface area contributed by atoms with E-state index in [1.165, 1.54) is 0 Å². The fourth-order valence-electron chi connectivity index (χ4n) is 1.73. The van der Waals surface area contributed by atoms with Crippen molar-refractivity contribution in [1.29, 1.82) is 5.39 Å². The molecule has 5 heteroatoms. The Bertz CT molecular complexity index is 678. The number of carbonyl (C=O) groups excluding carboxylic acids is 1. The quantitative estimate of drug-likeness (QED) is 0.358. The zero-order valence-electron chi connectivity index (χ0n) is 11.0. The molecule has 2 aromatic rings. The third-order valence-electron chi connectivity index (χ3n) is 2.73. The zero-order chi connectivity index (χ0) is 15.1. The number of carbonyl (C=O) groups is 1. The first-order valence-electron chi connectivity index (χ1n) is 6.22. The number of ketones is 1. The predicted molar refractivity (Wildman–Crippen MR) is 81.0 cm³/mol. The van der Waals surface area contributed by atoms with Gasteiger partial charge in [0.25, 0.3) is 0 Å². The Morgan fingerprint density at radius 3 is 2.10 bits per heavy atom. The molecule has 0 spiro atoms. The summed E-state index contributed by atoms with van der Waals surface area (Å²) in [4.78, 5) is 15.1. The number of halogens is 1. The van der Waals surface area contributed by atoms with Crippen molar-refractivity contribution in [2.45, 2.75) is 5.56 Å². The fraction of sp³-hybridized carbons (Fsp3) is 0.0625. The molecular weight excluding hydrogens is 288 g/mol. The van der Waals surface area contributed by atoms with Crippen molar-refractivity contribution < 1.29 is 9.53 Å². The number of diazo groups is 1. The van der Waals surface area contributed by atoms with E-state index in [1.807, 2.05) is 6.07 Å². The molecule has 104 valence electrons. The molecule has 0 fully saturated rings. The van der Waals surface area contributed by atoms with Crippen molar-refractivity contribution in [3.63, 3.8) is 0 Å². The first-order chi connectivity index (χ1) is 10.2. The van der Waals surface area contributed by atoms with Gasteiger partial charge in [0.1, 0.15) is 0 Å². The lowest BCUT2D eigenvalue weighted by Crippen LogP contribution is -2.17. The van der Waals surface area contributed by atoms with Gasteiger partial charge in [0.15, 0.2) is 4.98 Å². The number of hydrogen-bond acceptors (Lipinski definition) is 3. The minimum atomic E-state index is -1.21. The van der Waals surface area contributed by atoms with Gasteiger partial charge in [0.05, 0.1) is 0 Å². The fourth-order valence-corrected chi connectivity index (χ4v) is 1.95. The standard InChI is InChI=1S/C16H12ClN2O2/c17-16(15(20)13-9-5-2-6-10-13)21-14(11-19-18)12-7-3-1-4-8-12/h1-11,16H/q+1/b14-11+. The van der Waals surface area contributed by atoms with Crippen LogP contribution in [0.1, 0.15) is 15.9 Å². The van der Waals surface area contributed by atoms with Crippen molar-refractivity contribution >= 4 is 23.1 Å². The Hall–Kier alpha value is -2.64. The maximum absolute atomic E-state index is 12.1. The maximum atomic E-state index is 12.1. The topological polar surface area (TPSA) is 54.4 Å². The minimum absolute atomic E-state index is 0.211. The molecule has 0 aromatic heterocycles. The highest BCUT2D eigenvalue weighted by atomic mass is 35.5. The van der Waals surface area contributed by atoms with E-state index in [-0.39, 0.29) is 11.5 Å². The van der Waals surface area contributed by atoms with Crippen molar-refractivity contribution in [2.24, 2.45) is 0 Å². The highest BCUT2D eigenvalue weighted by Gasteiger charge is 2.22. The van der Waals surface area contributed by atoms with Crippen molar-refractivity contribution in [3.05, 3.63) is 83.0 Å². The summed E-state index contributed by atoms with van der Waals surface area (Å²) in [5, 5.41) is 8.71. The first kappa shape index (κ1) is 14.8. The lowest BCUT2D eigenvalue weighted by atomic mass is 10.1. The second-order valence-corrected chi connectivity index (χ2v) is 4.54. The first-order valence-corrected chi connectivity index (χ1v) is 6.66. The van der Waals surface area contributed by atoms with E-state index < -0.39 is 5.56 Å². The van der Waals surface area contributed by atoms with Crippen LogP contribution in [-0.4, -0.2) is 11.3 Å². The second kappa shape index (κ2) is 7.22. The average molecular weight is 300 g/mol. The van der Waals surface area contributed by atoms with Crippen LogP contribution in [0.25, 0.3) is 10.7 Å². The van der Waals surface area contributed by atoms with Gasteiger partial charge in [-0.3, -0.25) is 4.79 Å². The highest BCUT2D eigenvalue weighted by Crippen LogP contribution is 2.21. The zero-order valence-corrected chi connectivity index (χ0v) is 11.8. The Kier molecular flexibility index (Phi) is 5.08. The molecule has 21 heavy (non-hydrogen) atoms. The molecule has 1 unspecified atom stereocenters. The van der Waals surface area contributed by atoms with Crippen molar-refractivity contribution in [1.82, 2.24) is 0 Å². The molecule has 2 rings (SSSR count). The van der Waals surface area contributed by atoms with Crippen molar-refractivity contribution in [3.8, 4) is 0 Å². The summed E-state index contributed by atoms with van der Waals surface area (Å²) in [5.74, 6) is -0.153. The summed E-state index contributed by atoms with van der Waals surface area (Å²) in [7, 11) is 0. The summed E-state index contributed by atoms with van der Waals surface area (Å²) in [6, 6.07) is 17.6. The molecule has 0 bridgehead atoms. The Morgan fingerprint density at radius 1 is 1.05 bits per heavy atom. The van der Waals surface area contributed by atoms with Crippen LogP contribution in [0, 0.1) is 5.39 Å². The summed E-state index contributed by atoms with van der Waals surface area (Å²) >= 11 is 6.01. The third kappa shape index (κ3) is 3.91. The van der Waals surface area contributed by atoms with Crippen LogP contribution in [0.4, 0.5) is 0 Å². The molecule has 0 heterocycles. The van der Waals surface area contributed by atoms with Gasteiger partial charge in [0, 0.05) is 11.1 Å². The SMILES string of the molecule is N#[N+]/C=C(/OC(Cl)C(=O)c1ccccc1)c1ccccc1. The summed E-state index contributed by atoms with van der Waals surface area (Å²) < 4.78 is 5.42. The van der Waals surface area contributed by atoms with E-state index in [9.17, 15) is 4.79 Å². The Morgan fingerprint density at radius 2 is 1.57 bits per heavy atom. The van der Waals surface area contributed by atoms with Crippen LogP contribution in [0.5, 0.6) is 0 Å². The normalized spacial score (nSPS) is 12.3.